The number of hydrogen-bond donors (Lipinski definition) is 1. The first-order valence-corrected chi connectivity index (χ1v) is 10.4. The number of nitrogens with one attached hydrogen (secondary N) is 1. The van der Waals surface area contributed by atoms with Crippen LogP contribution in [-0.2, 0) is 11.3 Å². The lowest BCUT2D eigenvalue weighted by Crippen LogP contribution is -2.21. The summed E-state index contributed by atoms with van der Waals surface area (Å²) in [6, 6.07) is 12.5. The van der Waals surface area contributed by atoms with Crippen molar-refractivity contribution in [2.75, 3.05) is 6.54 Å². The van der Waals surface area contributed by atoms with Gasteiger partial charge in [0.25, 0.3) is 0 Å². The van der Waals surface area contributed by atoms with Crippen molar-refractivity contribution >= 4 is 45.5 Å². The second kappa shape index (κ2) is 10.3. The molecule has 27 heavy (non-hydrogen) atoms. The summed E-state index contributed by atoms with van der Waals surface area (Å²) in [5.74, 6) is -0.0488. The van der Waals surface area contributed by atoms with E-state index in [0.717, 1.165) is 37.9 Å². The van der Waals surface area contributed by atoms with Crippen LogP contribution in [0, 0.1) is 3.57 Å². The monoisotopic (exact) mass is 473 g/mol. The van der Waals surface area contributed by atoms with Gasteiger partial charge in [-0.05, 0) is 77.4 Å². The van der Waals surface area contributed by atoms with Crippen molar-refractivity contribution in [2.45, 2.75) is 32.2 Å². The predicted octanol–water partition coefficient (Wildman–Crippen LogP) is 5.03. The number of carbonyl (C=O) groups is 1. The molecule has 4 nitrogen and oxygen atoms in total. The number of hydrogen-bond acceptors (Lipinski definition) is 2. The molecule has 5 heteroatoms. The van der Waals surface area contributed by atoms with Crippen molar-refractivity contribution in [3.8, 4) is 0 Å². The van der Waals surface area contributed by atoms with Gasteiger partial charge in [-0.3, -0.25) is 9.78 Å². The molecule has 0 aliphatic carbocycles. The molecule has 0 radical (unpaired) electrons. The zero-order valence-electron chi connectivity index (χ0n) is 15.3. The van der Waals surface area contributed by atoms with Crippen LogP contribution in [0.15, 0.2) is 61.1 Å². The molecule has 1 amide bonds. The van der Waals surface area contributed by atoms with E-state index in [1.165, 1.54) is 20.9 Å². The largest absolute Gasteiger partial charge is 0.353 e. The topological polar surface area (TPSA) is 46.9 Å². The van der Waals surface area contributed by atoms with Gasteiger partial charge < -0.3 is 9.88 Å². The van der Waals surface area contributed by atoms with E-state index in [2.05, 4.69) is 67.9 Å². The average molecular weight is 473 g/mol. The Labute approximate surface area is 173 Å². The Bertz CT molecular complexity index is 902. The lowest BCUT2D eigenvalue weighted by atomic mass is 10.2. The molecule has 0 fully saturated rings. The number of halogens is 1. The third-order valence-corrected chi connectivity index (χ3v) is 5.14. The van der Waals surface area contributed by atoms with E-state index in [0.29, 0.717) is 0 Å². The number of rotatable bonds is 9. The molecular formula is C22H24IN3O. The first-order valence-electron chi connectivity index (χ1n) is 9.33. The second-order valence-corrected chi connectivity index (χ2v) is 7.78. The highest BCUT2D eigenvalue weighted by Crippen LogP contribution is 2.19. The van der Waals surface area contributed by atoms with Crippen LogP contribution in [-0.4, -0.2) is 22.0 Å². The Hall–Kier alpha value is -2.15. The minimum Gasteiger partial charge on any atom is -0.353 e. The zero-order valence-corrected chi connectivity index (χ0v) is 17.4. The van der Waals surface area contributed by atoms with Crippen LogP contribution in [0.2, 0.25) is 0 Å². The summed E-state index contributed by atoms with van der Waals surface area (Å²) in [5, 5.41) is 4.24. The van der Waals surface area contributed by atoms with Gasteiger partial charge in [0.1, 0.15) is 0 Å². The van der Waals surface area contributed by atoms with Crippen LogP contribution in [0.4, 0.5) is 0 Å². The van der Waals surface area contributed by atoms with E-state index >= 15 is 0 Å². The van der Waals surface area contributed by atoms with Crippen LogP contribution in [0.1, 0.15) is 31.2 Å². The summed E-state index contributed by atoms with van der Waals surface area (Å²) in [4.78, 5) is 15.8. The van der Waals surface area contributed by atoms with Crippen LogP contribution >= 0.6 is 22.6 Å². The zero-order chi connectivity index (χ0) is 18.9. The molecule has 1 N–H and O–H groups in total. The summed E-state index contributed by atoms with van der Waals surface area (Å²) in [6.45, 7) is 1.77. The van der Waals surface area contributed by atoms with Gasteiger partial charge in [-0.2, -0.15) is 0 Å². The third kappa shape index (κ3) is 6.20. The number of nitrogens with zero attached hydrogens (tertiary/aromatic N) is 2. The number of unbranched alkanes of at least 4 members (excludes halogenated alkanes) is 3. The highest BCUT2D eigenvalue weighted by molar-refractivity contribution is 14.1. The number of carbonyl (C=O) groups excluding carboxylic acids is 1. The smallest absolute Gasteiger partial charge is 0.243 e. The SMILES string of the molecule is O=C(/C=C/c1cccnc1)NCCCCCCn1ccc2cc(I)ccc21. The van der Waals surface area contributed by atoms with E-state index in [9.17, 15) is 4.79 Å². The minimum atomic E-state index is -0.0488. The van der Waals surface area contributed by atoms with Gasteiger partial charge in [0.2, 0.25) is 5.91 Å². The number of pyridine rings is 1. The van der Waals surface area contributed by atoms with E-state index in [1.807, 2.05) is 12.1 Å². The van der Waals surface area contributed by atoms with E-state index < -0.39 is 0 Å². The number of aromatic nitrogens is 2. The average Bonchev–Trinajstić information content (AvgIpc) is 3.08. The van der Waals surface area contributed by atoms with Crippen molar-refractivity contribution in [1.29, 1.82) is 0 Å². The maximum Gasteiger partial charge on any atom is 0.243 e. The molecule has 0 saturated heterocycles. The maximum absolute atomic E-state index is 11.8. The number of fused-ring (bicyclic) bond motifs is 1. The lowest BCUT2D eigenvalue weighted by Gasteiger charge is -2.06. The standard InChI is InChI=1S/C22H24IN3O/c23-20-8-9-21-19(16-20)11-15-26(21)14-4-2-1-3-13-25-22(27)10-7-18-6-5-12-24-17-18/h5-12,15-17H,1-4,13-14H2,(H,25,27)/b10-7+. The molecule has 0 aliphatic heterocycles. The van der Waals surface area contributed by atoms with Crippen LogP contribution in [0.25, 0.3) is 17.0 Å². The van der Waals surface area contributed by atoms with Gasteiger partial charge in [0.05, 0.1) is 0 Å². The molecule has 0 spiro atoms. The first kappa shape index (κ1) is 19.6. The molecule has 1 aromatic carbocycles. The quantitative estimate of drug-likeness (QED) is 0.269. The summed E-state index contributed by atoms with van der Waals surface area (Å²) in [7, 11) is 0. The molecule has 2 aromatic heterocycles. The van der Waals surface area contributed by atoms with Gasteiger partial charge in [-0.25, -0.2) is 0 Å². The Morgan fingerprint density at radius 2 is 2.04 bits per heavy atom. The maximum atomic E-state index is 11.8. The van der Waals surface area contributed by atoms with Crippen LogP contribution < -0.4 is 5.32 Å². The fourth-order valence-electron chi connectivity index (χ4n) is 3.04. The van der Waals surface area contributed by atoms with Crippen molar-refractivity contribution < 1.29 is 4.79 Å². The molecule has 0 atom stereocenters. The highest BCUT2D eigenvalue weighted by Gasteiger charge is 2.01. The Morgan fingerprint density at radius 1 is 1.15 bits per heavy atom. The fourth-order valence-corrected chi connectivity index (χ4v) is 3.56. The van der Waals surface area contributed by atoms with Gasteiger partial charge in [-0.1, -0.05) is 18.9 Å². The normalized spacial score (nSPS) is 11.3. The summed E-state index contributed by atoms with van der Waals surface area (Å²) < 4.78 is 3.60. The Balaban J connectivity index is 1.29. The van der Waals surface area contributed by atoms with Gasteiger partial charge in [0.15, 0.2) is 0 Å². The number of amides is 1. The van der Waals surface area contributed by atoms with E-state index in [4.69, 9.17) is 0 Å². The molecule has 3 aromatic rings. The van der Waals surface area contributed by atoms with Crippen molar-refractivity contribution in [2.24, 2.45) is 0 Å². The molecule has 0 saturated carbocycles. The molecule has 0 unspecified atom stereocenters. The van der Waals surface area contributed by atoms with Crippen molar-refractivity contribution in [1.82, 2.24) is 14.9 Å². The molecule has 0 bridgehead atoms. The Morgan fingerprint density at radius 3 is 2.89 bits per heavy atom. The van der Waals surface area contributed by atoms with E-state index in [-0.39, 0.29) is 5.91 Å². The number of benzene rings is 1. The van der Waals surface area contributed by atoms with Gasteiger partial charge in [-0.15, -0.1) is 0 Å². The second-order valence-electron chi connectivity index (χ2n) is 6.54. The van der Waals surface area contributed by atoms with Gasteiger partial charge in [0, 0.05) is 52.2 Å². The molecule has 2 heterocycles. The lowest BCUT2D eigenvalue weighted by molar-refractivity contribution is -0.116. The summed E-state index contributed by atoms with van der Waals surface area (Å²) >= 11 is 2.35. The summed E-state index contributed by atoms with van der Waals surface area (Å²) in [5.41, 5.74) is 2.24. The van der Waals surface area contributed by atoms with E-state index in [1.54, 1.807) is 24.5 Å². The highest BCUT2D eigenvalue weighted by atomic mass is 127. The molecule has 140 valence electrons. The molecular weight excluding hydrogens is 449 g/mol. The van der Waals surface area contributed by atoms with Crippen LogP contribution in [0.5, 0.6) is 0 Å². The Kier molecular flexibility index (Phi) is 7.45. The predicted molar refractivity (Wildman–Crippen MR) is 119 cm³/mol. The van der Waals surface area contributed by atoms with Crippen molar-refractivity contribution in [3.63, 3.8) is 0 Å². The fraction of sp³-hybridized carbons (Fsp3) is 0.273. The summed E-state index contributed by atoms with van der Waals surface area (Å²) in [6.07, 6.45) is 13.4. The van der Waals surface area contributed by atoms with Crippen LogP contribution in [0.3, 0.4) is 0 Å². The van der Waals surface area contributed by atoms with Gasteiger partial charge >= 0.3 is 0 Å². The molecule has 3 rings (SSSR count). The molecule has 0 aliphatic rings. The first-order chi connectivity index (χ1) is 13.2. The van der Waals surface area contributed by atoms with Crippen molar-refractivity contribution in [3.05, 3.63) is 70.2 Å². The minimum absolute atomic E-state index is 0.0488. The number of aryl methyl sites for hydroxylation is 1. The third-order valence-electron chi connectivity index (χ3n) is 4.47.